The van der Waals surface area contributed by atoms with E-state index in [1.54, 1.807) is 17.7 Å². The van der Waals surface area contributed by atoms with E-state index in [1.807, 2.05) is 17.5 Å². The molecular formula is C47H25N3S2. The zero-order chi connectivity index (χ0) is 33.7. The third-order valence-corrected chi connectivity index (χ3v) is 14.1. The molecule has 4 aromatic heterocycles. The van der Waals surface area contributed by atoms with E-state index in [4.69, 9.17) is 4.98 Å². The number of rotatable bonds is 1. The summed E-state index contributed by atoms with van der Waals surface area (Å²) >= 11 is 3.68. The van der Waals surface area contributed by atoms with Crippen LogP contribution in [-0.2, 0) is 5.41 Å². The minimum Gasteiger partial charge on any atom is -0.308 e. The molecule has 0 unspecified atom stereocenters. The molecule has 0 atom stereocenters. The molecule has 240 valence electrons. The molecule has 0 N–H and O–H groups in total. The molecule has 0 saturated heterocycles. The number of fused-ring (bicyclic) bond motifs is 22. The highest BCUT2D eigenvalue weighted by Crippen LogP contribution is 2.63. The van der Waals surface area contributed by atoms with Gasteiger partial charge in [0.25, 0.3) is 0 Å². The van der Waals surface area contributed by atoms with Crippen LogP contribution in [0.2, 0.25) is 0 Å². The smallest absolute Gasteiger partial charge is 0.127 e. The highest BCUT2D eigenvalue weighted by atomic mass is 32.1. The van der Waals surface area contributed by atoms with Gasteiger partial charge >= 0.3 is 0 Å². The Morgan fingerprint density at radius 3 is 1.88 bits per heavy atom. The summed E-state index contributed by atoms with van der Waals surface area (Å²) in [5.41, 5.74) is 13.9. The fourth-order valence-corrected chi connectivity index (χ4v) is 12.4. The van der Waals surface area contributed by atoms with Gasteiger partial charge in [0, 0.05) is 53.6 Å². The second kappa shape index (κ2) is 9.59. The van der Waals surface area contributed by atoms with Crippen molar-refractivity contribution in [2.45, 2.75) is 5.41 Å². The van der Waals surface area contributed by atoms with Gasteiger partial charge < -0.3 is 4.57 Å². The Bertz CT molecular complexity index is 3320. The van der Waals surface area contributed by atoms with Crippen molar-refractivity contribution in [1.29, 1.82) is 0 Å². The van der Waals surface area contributed by atoms with Gasteiger partial charge in [0.15, 0.2) is 0 Å². The number of hydrogen-bond donors (Lipinski definition) is 0. The summed E-state index contributed by atoms with van der Waals surface area (Å²) in [5.74, 6) is 0. The van der Waals surface area contributed by atoms with Gasteiger partial charge in [-0.05, 0) is 68.8 Å². The lowest BCUT2D eigenvalue weighted by Gasteiger charge is -2.30. The summed E-state index contributed by atoms with van der Waals surface area (Å²) < 4.78 is 6.42. The first-order valence-corrected chi connectivity index (χ1v) is 19.3. The van der Waals surface area contributed by atoms with Crippen LogP contribution in [0.25, 0.3) is 90.2 Å². The third kappa shape index (κ3) is 3.11. The Morgan fingerprint density at radius 1 is 0.500 bits per heavy atom. The van der Waals surface area contributed by atoms with Gasteiger partial charge in [0.2, 0.25) is 0 Å². The number of thiophene rings is 2. The maximum absolute atomic E-state index is 4.81. The summed E-state index contributed by atoms with van der Waals surface area (Å²) in [6.45, 7) is 0. The topological polar surface area (TPSA) is 30.7 Å². The number of aromatic nitrogens is 3. The van der Waals surface area contributed by atoms with E-state index in [2.05, 4.69) is 149 Å². The van der Waals surface area contributed by atoms with Crippen LogP contribution in [-0.4, -0.2) is 14.5 Å². The Morgan fingerprint density at radius 2 is 1.13 bits per heavy atom. The Hall–Kier alpha value is -6.14. The van der Waals surface area contributed by atoms with Gasteiger partial charge in [-0.15, -0.1) is 22.7 Å². The molecule has 2 aliphatic rings. The molecular weight excluding hydrogens is 671 g/mol. The molecule has 13 rings (SSSR count). The number of hydrogen-bond acceptors (Lipinski definition) is 4. The summed E-state index contributed by atoms with van der Waals surface area (Å²) in [5, 5.41) is 7.59. The lowest BCUT2D eigenvalue weighted by Crippen LogP contribution is -2.26. The van der Waals surface area contributed by atoms with E-state index in [1.165, 1.54) is 102 Å². The van der Waals surface area contributed by atoms with Crippen molar-refractivity contribution in [2.75, 3.05) is 0 Å². The van der Waals surface area contributed by atoms with Crippen molar-refractivity contribution in [2.24, 2.45) is 0 Å². The van der Waals surface area contributed by atoms with Crippen LogP contribution in [0.4, 0.5) is 0 Å². The van der Waals surface area contributed by atoms with Crippen molar-refractivity contribution >= 4 is 85.0 Å². The maximum atomic E-state index is 4.81. The summed E-state index contributed by atoms with van der Waals surface area (Å²) in [6, 6.07) is 52.3. The largest absolute Gasteiger partial charge is 0.308 e. The monoisotopic (exact) mass is 695 g/mol. The second-order valence-corrected chi connectivity index (χ2v) is 16.1. The summed E-state index contributed by atoms with van der Waals surface area (Å²) in [7, 11) is 0. The molecule has 0 aliphatic heterocycles. The molecule has 3 nitrogen and oxygen atoms in total. The van der Waals surface area contributed by atoms with Gasteiger partial charge in [-0.1, -0.05) is 115 Å². The Balaban J connectivity index is 1.23. The van der Waals surface area contributed by atoms with Crippen molar-refractivity contribution in [3.8, 4) is 27.9 Å². The zero-order valence-corrected chi connectivity index (χ0v) is 29.2. The minimum atomic E-state index is -0.409. The van der Waals surface area contributed by atoms with E-state index in [0.29, 0.717) is 0 Å². The quantitative estimate of drug-likeness (QED) is 0.171. The number of para-hydroxylation sites is 1. The fourth-order valence-electron chi connectivity index (χ4n) is 9.90. The predicted octanol–water partition coefficient (Wildman–Crippen LogP) is 12.7. The van der Waals surface area contributed by atoms with Crippen molar-refractivity contribution in [3.63, 3.8) is 0 Å². The highest BCUT2D eigenvalue weighted by molar-refractivity contribution is 7.30. The van der Waals surface area contributed by atoms with Crippen molar-refractivity contribution in [3.05, 3.63) is 174 Å². The van der Waals surface area contributed by atoms with Crippen LogP contribution < -0.4 is 0 Å². The van der Waals surface area contributed by atoms with E-state index in [9.17, 15) is 0 Å². The average Bonchev–Trinajstić information content (AvgIpc) is 3.99. The molecule has 11 aromatic rings. The lowest BCUT2D eigenvalue weighted by atomic mass is 9.70. The fraction of sp³-hybridized carbons (Fsp3) is 0.0213. The molecule has 0 fully saturated rings. The normalized spacial score (nSPS) is 13.9. The third-order valence-electron chi connectivity index (χ3n) is 11.8. The van der Waals surface area contributed by atoms with E-state index in [0.717, 1.165) is 10.2 Å². The van der Waals surface area contributed by atoms with Gasteiger partial charge in [0.05, 0.1) is 21.1 Å². The first-order chi connectivity index (χ1) is 25.8. The average molecular weight is 696 g/mol. The first-order valence-electron chi connectivity index (χ1n) is 17.6. The molecule has 1 spiro atoms. The predicted molar refractivity (Wildman–Crippen MR) is 218 cm³/mol. The van der Waals surface area contributed by atoms with Crippen LogP contribution in [0, 0.1) is 0 Å². The summed E-state index contributed by atoms with van der Waals surface area (Å²) in [6.07, 6.45) is 3.69. The molecule has 52 heavy (non-hydrogen) atoms. The molecule has 0 radical (unpaired) electrons. The van der Waals surface area contributed by atoms with Crippen molar-refractivity contribution in [1.82, 2.24) is 14.5 Å². The number of benzene rings is 7. The molecule has 4 heterocycles. The van der Waals surface area contributed by atoms with Crippen LogP contribution in [0.3, 0.4) is 0 Å². The molecule has 5 heteroatoms. The number of nitrogens with zero attached hydrogens (tertiary/aromatic N) is 3. The SMILES string of the molecule is c1ccc2c(c1)-c1ccccc1C21c2ccccc2-c2ccc(-n3c4ccccc4c4c5c6ccccc6sc5c5c6cncnc6sc5c43)cc21. The van der Waals surface area contributed by atoms with E-state index < -0.39 is 5.41 Å². The Kier molecular flexibility index (Phi) is 5.08. The minimum absolute atomic E-state index is 0.409. The van der Waals surface area contributed by atoms with Gasteiger partial charge in [0.1, 0.15) is 11.2 Å². The van der Waals surface area contributed by atoms with Crippen LogP contribution >= 0.6 is 22.7 Å². The van der Waals surface area contributed by atoms with Crippen LogP contribution in [0.1, 0.15) is 22.3 Å². The maximum Gasteiger partial charge on any atom is 0.127 e. The van der Waals surface area contributed by atoms with Gasteiger partial charge in [-0.3, -0.25) is 0 Å². The van der Waals surface area contributed by atoms with Crippen LogP contribution in [0.15, 0.2) is 152 Å². The van der Waals surface area contributed by atoms with Gasteiger partial charge in [-0.2, -0.15) is 0 Å². The molecule has 2 aliphatic carbocycles. The van der Waals surface area contributed by atoms with E-state index >= 15 is 0 Å². The lowest BCUT2D eigenvalue weighted by molar-refractivity contribution is 0.792. The highest BCUT2D eigenvalue weighted by Gasteiger charge is 2.51. The first kappa shape index (κ1) is 27.6. The van der Waals surface area contributed by atoms with Crippen LogP contribution in [0.5, 0.6) is 0 Å². The second-order valence-electron chi connectivity index (χ2n) is 14.0. The zero-order valence-electron chi connectivity index (χ0n) is 27.6. The van der Waals surface area contributed by atoms with E-state index in [-0.39, 0.29) is 0 Å². The van der Waals surface area contributed by atoms with Crippen molar-refractivity contribution < 1.29 is 0 Å². The standard InChI is InChI=1S/C47H25N3S2/c1-6-16-34-27(11-1)28-12-2-7-17-35(28)47(34)36-18-8-3-13-29(36)30-22-21-26(23-37(30)47)50-38-19-9-4-14-31(38)40-41-32-15-5-10-20-39(32)51-44(41)42-33-24-48-25-49-46(33)52-45(42)43(40)50/h1-25H. The summed E-state index contributed by atoms with van der Waals surface area (Å²) in [4.78, 5) is 10.4. The molecule has 0 saturated carbocycles. The molecule has 7 aromatic carbocycles. The molecule has 0 amide bonds. The molecule has 0 bridgehead atoms. The Labute approximate surface area is 305 Å². The van der Waals surface area contributed by atoms with Gasteiger partial charge in [-0.25, -0.2) is 9.97 Å².